The van der Waals surface area contributed by atoms with E-state index >= 15 is 0 Å². The highest BCUT2D eigenvalue weighted by atomic mass is 16.5. The number of aromatic nitrogens is 2. The van der Waals surface area contributed by atoms with E-state index in [9.17, 15) is 4.79 Å². The second kappa shape index (κ2) is 10.5. The van der Waals surface area contributed by atoms with E-state index in [1.807, 2.05) is 72.8 Å². The number of ether oxygens (including phenoxy) is 2. The molecule has 0 saturated heterocycles. The molecule has 0 aliphatic rings. The lowest BCUT2D eigenvalue weighted by atomic mass is 10.1. The number of nitrogens with zero attached hydrogens (tertiary/aromatic N) is 1. The second-order valence-corrected chi connectivity index (χ2v) is 7.75. The van der Waals surface area contributed by atoms with Crippen molar-refractivity contribution in [2.45, 2.75) is 18.9 Å². The van der Waals surface area contributed by atoms with E-state index < -0.39 is 0 Å². The molecular formula is C26H28N4O3. The largest absolute Gasteiger partial charge is 0.497 e. The average molecular weight is 445 g/mol. The summed E-state index contributed by atoms with van der Waals surface area (Å²) < 4.78 is 10.5. The van der Waals surface area contributed by atoms with Crippen LogP contribution in [0.3, 0.4) is 0 Å². The van der Waals surface area contributed by atoms with Crippen LogP contribution in [0.25, 0.3) is 11.0 Å². The fourth-order valence-electron chi connectivity index (χ4n) is 3.71. The average Bonchev–Trinajstić information content (AvgIpc) is 3.29. The third kappa shape index (κ3) is 5.83. The summed E-state index contributed by atoms with van der Waals surface area (Å²) in [6, 6.07) is 22.9. The molecule has 170 valence electrons. The summed E-state index contributed by atoms with van der Waals surface area (Å²) in [6.45, 7) is 0.508. The fourth-order valence-corrected chi connectivity index (χ4v) is 3.71. The van der Waals surface area contributed by atoms with Crippen LogP contribution < -0.4 is 20.1 Å². The van der Waals surface area contributed by atoms with Gasteiger partial charge in [0.1, 0.15) is 17.3 Å². The summed E-state index contributed by atoms with van der Waals surface area (Å²) >= 11 is 0. The first kappa shape index (κ1) is 22.2. The Hall–Kier alpha value is -4.00. The molecule has 1 heterocycles. The fraction of sp³-hybridized carbons (Fsp3) is 0.231. The molecule has 7 nitrogen and oxygen atoms in total. The van der Waals surface area contributed by atoms with E-state index in [4.69, 9.17) is 14.5 Å². The van der Waals surface area contributed by atoms with Gasteiger partial charge < -0.3 is 25.1 Å². The highest BCUT2D eigenvalue weighted by Crippen LogP contribution is 2.21. The van der Waals surface area contributed by atoms with Crippen LogP contribution >= 0.6 is 0 Å². The van der Waals surface area contributed by atoms with Crippen molar-refractivity contribution in [3.05, 3.63) is 89.7 Å². The Kier molecular flexibility index (Phi) is 7.09. The Morgan fingerprint density at radius 2 is 1.73 bits per heavy atom. The van der Waals surface area contributed by atoms with Crippen molar-refractivity contribution in [2.24, 2.45) is 0 Å². The molecule has 0 aliphatic carbocycles. The minimum Gasteiger partial charge on any atom is -0.497 e. The molecule has 4 rings (SSSR count). The number of methoxy groups -OCH3 is 2. The molecule has 1 aromatic heterocycles. The van der Waals surface area contributed by atoms with Gasteiger partial charge in [-0.05, 0) is 60.4 Å². The van der Waals surface area contributed by atoms with E-state index in [0.717, 1.165) is 39.5 Å². The topological polar surface area (TPSA) is 88.3 Å². The van der Waals surface area contributed by atoms with Crippen molar-refractivity contribution < 1.29 is 14.3 Å². The number of urea groups is 1. The summed E-state index contributed by atoms with van der Waals surface area (Å²) in [5.41, 5.74) is 3.97. The van der Waals surface area contributed by atoms with Crippen LogP contribution in [-0.2, 0) is 12.8 Å². The number of rotatable bonds is 9. The Balaban J connectivity index is 1.44. The van der Waals surface area contributed by atoms with Gasteiger partial charge in [-0.3, -0.25) is 0 Å². The number of imidazole rings is 1. The first-order valence-corrected chi connectivity index (χ1v) is 10.9. The van der Waals surface area contributed by atoms with Crippen LogP contribution in [-0.4, -0.2) is 36.8 Å². The van der Waals surface area contributed by atoms with Crippen LogP contribution in [0.5, 0.6) is 11.5 Å². The Morgan fingerprint density at radius 1 is 0.939 bits per heavy atom. The van der Waals surface area contributed by atoms with E-state index in [2.05, 4.69) is 15.6 Å². The summed E-state index contributed by atoms with van der Waals surface area (Å²) in [5.74, 6) is 2.32. The normalized spacial score (nSPS) is 11.7. The molecular weight excluding hydrogens is 416 g/mol. The number of amides is 2. The van der Waals surface area contributed by atoms with Gasteiger partial charge in [0.05, 0.1) is 31.3 Å². The van der Waals surface area contributed by atoms with E-state index in [1.54, 1.807) is 14.2 Å². The lowest BCUT2D eigenvalue weighted by Crippen LogP contribution is -2.40. The van der Waals surface area contributed by atoms with Gasteiger partial charge in [0.15, 0.2) is 0 Å². The predicted molar refractivity (Wildman–Crippen MR) is 129 cm³/mol. The number of H-pyrrole nitrogens is 1. The first-order valence-electron chi connectivity index (χ1n) is 10.9. The predicted octanol–water partition coefficient (Wildman–Crippen LogP) is 4.41. The Bertz CT molecular complexity index is 1170. The molecule has 0 bridgehead atoms. The quantitative estimate of drug-likeness (QED) is 0.357. The standard InChI is InChI=1S/C26H28N4O3/c1-32-20-12-10-19(11-13-20)17-24(25-28-22-8-3-4-9-23(22)29-25)30-26(31)27-15-14-18-6-5-7-21(16-18)33-2/h3-13,16,24H,14-15,17H2,1-2H3,(H,28,29)(H2,27,30,31). The lowest BCUT2D eigenvalue weighted by Gasteiger charge is -2.18. The third-order valence-electron chi connectivity index (χ3n) is 5.48. The molecule has 2 amide bonds. The lowest BCUT2D eigenvalue weighted by molar-refractivity contribution is 0.236. The number of hydrogen-bond donors (Lipinski definition) is 3. The van der Waals surface area contributed by atoms with E-state index in [-0.39, 0.29) is 12.1 Å². The molecule has 1 unspecified atom stereocenters. The molecule has 0 aliphatic heterocycles. The van der Waals surface area contributed by atoms with Gasteiger partial charge in [0.2, 0.25) is 0 Å². The zero-order chi connectivity index (χ0) is 23.0. The first-order chi connectivity index (χ1) is 16.1. The number of fused-ring (bicyclic) bond motifs is 1. The molecule has 0 saturated carbocycles. The number of para-hydroxylation sites is 2. The maximum absolute atomic E-state index is 12.7. The zero-order valence-electron chi connectivity index (χ0n) is 18.8. The molecule has 0 spiro atoms. The maximum Gasteiger partial charge on any atom is 0.315 e. The van der Waals surface area contributed by atoms with Gasteiger partial charge in [0, 0.05) is 6.54 Å². The number of carbonyl (C=O) groups excluding carboxylic acids is 1. The highest BCUT2D eigenvalue weighted by Gasteiger charge is 2.19. The van der Waals surface area contributed by atoms with Gasteiger partial charge >= 0.3 is 6.03 Å². The van der Waals surface area contributed by atoms with Crippen molar-refractivity contribution in [1.82, 2.24) is 20.6 Å². The minimum absolute atomic E-state index is 0.239. The van der Waals surface area contributed by atoms with Crippen molar-refractivity contribution in [2.75, 3.05) is 20.8 Å². The molecule has 3 N–H and O–H groups in total. The Morgan fingerprint density at radius 3 is 2.48 bits per heavy atom. The molecule has 0 radical (unpaired) electrons. The van der Waals surface area contributed by atoms with Gasteiger partial charge in [0.25, 0.3) is 0 Å². The van der Waals surface area contributed by atoms with Crippen molar-refractivity contribution in [3.63, 3.8) is 0 Å². The van der Waals surface area contributed by atoms with Crippen LogP contribution in [0.15, 0.2) is 72.8 Å². The molecule has 4 aromatic rings. The summed E-state index contributed by atoms with van der Waals surface area (Å²) in [7, 11) is 3.29. The van der Waals surface area contributed by atoms with Gasteiger partial charge in [-0.2, -0.15) is 0 Å². The van der Waals surface area contributed by atoms with Crippen molar-refractivity contribution >= 4 is 17.1 Å². The number of aromatic amines is 1. The van der Waals surface area contributed by atoms with Crippen LogP contribution in [0.4, 0.5) is 4.79 Å². The number of hydrogen-bond acceptors (Lipinski definition) is 4. The molecule has 0 fully saturated rings. The third-order valence-corrected chi connectivity index (χ3v) is 5.48. The van der Waals surface area contributed by atoms with Gasteiger partial charge in [-0.25, -0.2) is 9.78 Å². The smallest absolute Gasteiger partial charge is 0.315 e. The highest BCUT2D eigenvalue weighted by molar-refractivity contribution is 5.76. The molecule has 1 atom stereocenters. The van der Waals surface area contributed by atoms with Gasteiger partial charge in [-0.1, -0.05) is 36.4 Å². The van der Waals surface area contributed by atoms with Crippen LogP contribution in [0.1, 0.15) is 23.0 Å². The zero-order valence-corrected chi connectivity index (χ0v) is 18.8. The van der Waals surface area contributed by atoms with E-state index in [1.165, 1.54) is 0 Å². The molecule has 33 heavy (non-hydrogen) atoms. The SMILES string of the molecule is COc1ccc(CC(NC(=O)NCCc2cccc(OC)c2)c2nc3ccccc3[nH]2)cc1. The monoisotopic (exact) mass is 444 g/mol. The van der Waals surface area contributed by atoms with Crippen LogP contribution in [0, 0.1) is 0 Å². The minimum atomic E-state index is -0.317. The summed E-state index contributed by atoms with van der Waals surface area (Å²) in [6.07, 6.45) is 1.30. The number of nitrogens with one attached hydrogen (secondary N) is 3. The Labute approximate surface area is 193 Å². The maximum atomic E-state index is 12.7. The van der Waals surface area contributed by atoms with Gasteiger partial charge in [-0.15, -0.1) is 0 Å². The summed E-state index contributed by atoms with van der Waals surface area (Å²) in [4.78, 5) is 20.8. The van der Waals surface area contributed by atoms with Crippen LogP contribution in [0.2, 0.25) is 0 Å². The number of carbonyl (C=O) groups is 1. The van der Waals surface area contributed by atoms with Crippen molar-refractivity contribution in [1.29, 1.82) is 0 Å². The number of benzene rings is 3. The summed E-state index contributed by atoms with van der Waals surface area (Å²) in [5, 5.41) is 6.03. The van der Waals surface area contributed by atoms with Crippen molar-refractivity contribution in [3.8, 4) is 11.5 Å². The second-order valence-electron chi connectivity index (χ2n) is 7.75. The van der Waals surface area contributed by atoms with E-state index in [0.29, 0.717) is 19.4 Å². The molecule has 3 aromatic carbocycles. The molecule has 7 heteroatoms.